The van der Waals surface area contributed by atoms with Crippen LogP contribution in [0.25, 0.3) is 22.2 Å². The van der Waals surface area contributed by atoms with Gasteiger partial charge in [-0.25, -0.2) is 0 Å². The molecule has 0 radical (unpaired) electrons. The number of hydrogen-bond acceptors (Lipinski definition) is 6. The van der Waals surface area contributed by atoms with Crippen molar-refractivity contribution in [3.8, 4) is 22.8 Å². The summed E-state index contributed by atoms with van der Waals surface area (Å²) in [6.45, 7) is 2.58. The summed E-state index contributed by atoms with van der Waals surface area (Å²) in [7, 11) is 0. The molecule has 8 heteroatoms. The number of amides is 2. The molecule has 0 saturated heterocycles. The predicted octanol–water partition coefficient (Wildman–Crippen LogP) is 4.02. The molecule has 4 aromatic rings. The molecule has 2 heterocycles. The van der Waals surface area contributed by atoms with E-state index < -0.39 is 6.04 Å². The molecule has 1 aliphatic heterocycles. The number of fused-ring (bicyclic) bond motifs is 2. The van der Waals surface area contributed by atoms with Crippen molar-refractivity contribution in [2.45, 2.75) is 13.0 Å². The fourth-order valence-corrected chi connectivity index (χ4v) is 3.60. The Hall–Kier alpha value is -4.33. The zero-order chi connectivity index (χ0) is 22.8. The lowest BCUT2D eigenvalue weighted by molar-refractivity contribution is -0.117. The maximum absolute atomic E-state index is 12.8. The van der Waals surface area contributed by atoms with Crippen LogP contribution < -0.4 is 20.1 Å². The number of anilines is 1. The fourth-order valence-electron chi connectivity index (χ4n) is 3.60. The van der Waals surface area contributed by atoms with E-state index in [1.165, 1.54) is 0 Å². The first-order valence-corrected chi connectivity index (χ1v) is 10.5. The third-order valence-electron chi connectivity index (χ3n) is 5.33. The minimum Gasteiger partial charge on any atom is -0.486 e. The Kier molecular flexibility index (Phi) is 5.40. The van der Waals surface area contributed by atoms with Crippen molar-refractivity contribution < 1.29 is 23.6 Å². The molecule has 3 aromatic carbocycles. The summed E-state index contributed by atoms with van der Waals surface area (Å²) < 4.78 is 16.5. The summed E-state index contributed by atoms with van der Waals surface area (Å²) >= 11 is 0. The van der Waals surface area contributed by atoms with Crippen molar-refractivity contribution in [2.24, 2.45) is 0 Å². The number of hydrogen-bond donors (Lipinski definition) is 2. The average Bonchev–Trinajstić information content (AvgIpc) is 3.27. The summed E-state index contributed by atoms with van der Waals surface area (Å²) in [5.41, 5.74) is 2.48. The van der Waals surface area contributed by atoms with E-state index in [0.29, 0.717) is 47.2 Å². The summed E-state index contributed by atoms with van der Waals surface area (Å²) in [4.78, 5) is 25.5. The Balaban J connectivity index is 1.29. The smallest absolute Gasteiger partial charge is 0.251 e. The fraction of sp³-hybridized carbons (Fsp3) is 0.160. The van der Waals surface area contributed by atoms with Gasteiger partial charge in [-0.2, -0.15) is 0 Å². The predicted molar refractivity (Wildman–Crippen MR) is 122 cm³/mol. The van der Waals surface area contributed by atoms with Gasteiger partial charge in [0, 0.05) is 22.9 Å². The van der Waals surface area contributed by atoms with Crippen molar-refractivity contribution in [2.75, 3.05) is 18.5 Å². The number of carbonyl (C=O) groups is 2. The van der Waals surface area contributed by atoms with Crippen LogP contribution in [0.15, 0.2) is 71.3 Å². The van der Waals surface area contributed by atoms with Gasteiger partial charge < -0.3 is 24.6 Å². The quantitative estimate of drug-likeness (QED) is 0.483. The van der Waals surface area contributed by atoms with Gasteiger partial charge in [-0.05, 0) is 37.3 Å². The monoisotopic (exact) mass is 443 g/mol. The highest BCUT2D eigenvalue weighted by atomic mass is 16.6. The van der Waals surface area contributed by atoms with Gasteiger partial charge >= 0.3 is 0 Å². The Labute approximate surface area is 189 Å². The topological polar surface area (TPSA) is 103 Å². The van der Waals surface area contributed by atoms with Crippen LogP contribution in [0, 0.1) is 0 Å². The second-order valence-electron chi connectivity index (χ2n) is 7.65. The van der Waals surface area contributed by atoms with E-state index >= 15 is 0 Å². The number of ether oxygens (including phenoxy) is 2. The van der Waals surface area contributed by atoms with Gasteiger partial charge in [0.15, 0.2) is 17.3 Å². The molecule has 0 aliphatic carbocycles. The van der Waals surface area contributed by atoms with Crippen molar-refractivity contribution >= 4 is 28.4 Å². The van der Waals surface area contributed by atoms with Crippen LogP contribution >= 0.6 is 0 Å². The highest BCUT2D eigenvalue weighted by Gasteiger charge is 2.20. The highest BCUT2D eigenvalue weighted by Crippen LogP contribution is 2.32. The van der Waals surface area contributed by atoms with Crippen molar-refractivity contribution in [3.63, 3.8) is 0 Å². The van der Waals surface area contributed by atoms with E-state index in [1.54, 1.807) is 43.3 Å². The van der Waals surface area contributed by atoms with Crippen LogP contribution in [-0.2, 0) is 4.79 Å². The molecule has 0 fully saturated rings. The number of nitrogens with one attached hydrogen (secondary N) is 2. The number of benzene rings is 3. The zero-order valence-electron chi connectivity index (χ0n) is 17.8. The molecular weight excluding hydrogens is 422 g/mol. The first-order chi connectivity index (χ1) is 16.1. The second-order valence-corrected chi connectivity index (χ2v) is 7.65. The number of aromatic nitrogens is 1. The van der Waals surface area contributed by atoms with Gasteiger partial charge in [-0.1, -0.05) is 35.5 Å². The molecule has 1 aromatic heterocycles. The molecule has 5 rings (SSSR count). The summed E-state index contributed by atoms with van der Waals surface area (Å²) in [6, 6.07) is 19.0. The van der Waals surface area contributed by atoms with E-state index in [1.807, 2.05) is 30.3 Å². The van der Waals surface area contributed by atoms with Gasteiger partial charge in [0.2, 0.25) is 5.91 Å². The van der Waals surface area contributed by atoms with E-state index in [2.05, 4.69) is 15.8 Å². The van der Waals surface area contributed by atoms with Gasteiger partial charge in [0.25, 0.3) is 5.91 Å². The maximum atomic E-state index is 12.8. The summed E-state index contributed by atoms with van der Waals surface area (Å²) in [5, 5.41) is 10.3. The van der Waals surface area contributed by atoms with Crippen LogP contribution in [-0.4, -0.2) is 36.2 Å². The van der Waals surface area contributed by atoms with E-state index in [9.17, 15) is 9.59 Å². The first-order valence-electron chi connectivity index (χ1n) is 10.5. The van der Waals surface area contributed by atoms with E-state index in [-0.39, 0.29) is 11.8 Å². The molecule has 0 saturated carbocycles. The lowest BCUT2D eigenvalue weighted by Gasteiger charge is -2.19. The largest absolute Gasteiger partial charge is 0.486 e. The SMILES string of the molecule is CC(NC(=O)c1ccc2noc(-c3ccccc3)c2c1)C(=O)Nc1ccc2c(c1)OCCO2. The Morgan fingerprint density at radius 1 is 0.939 bits per heavy atom. The molecule has 33 heavy (non-hydrogen) atoms. The third-order valence-corrected chi connectivity index (χ3v) is 5.33. The van der Waals surface area contributed by atoms with Crippen molar-refractivity contribution in [1.29, 1.82) is 0 Å². The molecule has 0 bridgehead atoms. The van der Waals surface area contributed by atoms with Crippen LogP contribution in [0.5, 0.6) is 11.5 Å². The number of carbonyl (C=O) groups excluding carboxylic acids is 2. The Morgan fingerprint density at radius 3 is 2.55 bits per heavy atom. The van der Waals surface area contributed by atoms with Crippen LogP contribution in [0.4, 0.5) is 5.69 Å². The third kappa shape index (κ3) is 4.23. The highest BCUT2D eigenvalue weighted by molar-refractivity contribution is 6.04. The number of nitrogens with zero attached hydrogens (tertiary/aromatic N) is 1. The zero-order valence-corrected chi connectivity index (χ0v) is 17.8. The molecular formula is C25H21N3O5. The standard InChI is InChI=1S/C25H21N3O5/c1-15(24(29)27-18-8-10-21-22(14-18)32-12-11-31-21)26-25(30)17-7-9-20-19(13-17)23(33-28-20)16-5-3-2-4-6-16/h2-10,13-15H,11-12H2,1H3,(H,26,30)(H,27,29). The molecule has 8 nitrogen and oxygen atoms in total. The minimum atomic E-state index is -0.766. The average molecular weight is 443 g/mol. The molecule has 166 valence electrons. The normalized spacial score (nSPS) is 13.4. The van der Waals surface area contributed by atoms with E-state index in [0.717, 1.165) is 10.9 Å². The molecule has 0 spiro atoms. The summed E-state index contributed by atoms with van der Waals surface area (Å²) in [5.74, 6) is 1.08. The van der Waals surface area contributed by atoms with Crippen LogP contribution in [0.1, 0.15) is 17.3 Å². The maximum Gasteiger partial charge on any atom is 0.251 e. The van der Waals surface area contributed by atoms with Crippen LogP contribution in [0.2, 0.25) is 0 Å². The van der Waals surface area contributed by atoms with Gasteiger partial charge in [0.1, 0.15) is 24.8 Å². The van der Waals surface area contributed by atoms with E-state index in [4.69, 9.17) is 14.0 Å². The van der Waals surface area contributed by atoms with Gasteiger partial charge in [0.05, 0.1) is 5.39 Å². The molecule has 1 aliphatic rings. The molecule has 1 atom stereocenters. The van der Waals surface area contributed by atoms with Crippen LogP contribution in [0.3, 0.4) is 0 Å². The Bertz CT molecular complexity index is 1330. The van der Waals surface area contributed by atoms with Gasteiger partial charge in [-0.15, -0.1) is 0 Å². The lowest BCUT2D eigenvalue weighted by Crippen LogP contribution is -2.41. The molecule has 1 unspecified atom stereocenters. The van der Waals surface area contributed by atoms with Gasteiger partial charge in [-0.3, -0.25) is 9.59 Å². The molecule has 2 amide bonds. The number of rotatable bonds is 5. The molecule has 2 N–H and O–H groups in total. The second kappa shape index (κ2) is 8.66. The summed E-state index contributed by atoms with van der Waals surface area (Å²) in [6.07, 6.45) is 0. The Morgan fingerprint density at radius 2 is 1.73 bits per heavy atom. The van der Waals surface area contributed by atoms with Crippen molar-refractivity contribution in [3.05, 3.63) is 72.3 Å². The van der Waals surface area contributed by atoms with Crippen molar-refractivity contribution in [1.82, 2.24) is 10.5 Å². The lowest BCUT2D eigenvalue weighted by atomic mass is 10.1. The first kappa shape index (κ1) is 20.6. The minimum absolute atomic E-state index is 0.351.